The van der Waals surface area contributed by atoms with Gasteiger partial charge >= 0.3 is 5.97 Å². The summed E-state index contributed by atoms with van der Waals surface area (Å²) in [6.07, 6.45) is 4.15. The molecule has 28 heavy (non-hydrogen) atoms. The normalized spacial score (nSPS) is 23.9. The summed E-state index contributed by atoms with van der Waals surface area (Å²) < 4.78 is 25.2. The smallest absolute Gasteiger partial charge is 0.306 e. The molecule has 1 aliphatic heterocycles. The molecule has 0 spiro atoms. The number of hydrogen-bond acceptors (Lipinski definition) is 5. The highest BCUT2D eigenvalue weighted by Gasteiger charge is 2.27. The van der Waals surface area contributed by atoms with Crippen LogP contribution in [-0.4, -0.2) is 50.3 Å². The van der Waals surface area contributed by atoms with Crippen LogP contribution in [-0.2, 0) is 14.6 Å². The Balaban J connectivity index is 1.56. The average Bonchev–Trinajstić information content (AvgIpc) is 2.69. The monoisotopic (exact) mass is 408 g/mol. The van der Waals surface area contributed by atoms with E-state index in [-0.39, 0.29) is 34.4 Å². The van der Waals surface area contributed by atoms with Gasteiger partial charge in [0.1, 0.15) is 0 Å². The highest BCUT2D eigenvalue weighted by atomic mass is 32.2. The second-order valence-electron chi connectivity index (χ2n) is 7.86. The number of benzene rings is 1. The van der Waals surface area contributed by atoms with Crippen molar-refractivity contribution < 1.29 is 23.1 Å². The zero-order valence-corrected chi connectivity index (χ0v) is 16.7. The van der Waals surface area contributed by atoms with Crippen molar-refractivity contribution in [1.82, 2.24) is 10.6 Å². The number of piperidine rings is 1. The maximum atomic E-state index is 12.6. The van der Waals surface area contributed by atoms with Crippen molar-refractivity contribution in [2.24, 2.45) is 11.8 Å². The molecular weight excluding hydrogens is 380 g/mol. The fraction of sp³-hybridized carbons (Fsp3) is 0.600. The summed E-state index contributed by atoms with van der Waals surface area (Å²) in [5.74, 6) is -1.02. The molecule has 1 aliphatic carbocycles. The number of nitrogens with one attached hydrogen (secondary N) is 2. The highest BCUT2D eigenvalue weighted by molar-refractivity contribution is 7.91. The van der Waals surface area contributed by atoms with Crippen LogP contribution in [0.15, 0.2) is 29.2 Å². The van der Waals surface area contributed by atoms with Crippen molar-refractivity contribution >= 4 is 21.7 Å². The number of rotatable bonds is 6. The first-order valence-electron chi connectivity index (χ1n) is 9.92. The summed E-state index contributed by atoms with van der Waals surface area (Å²) in [6, 6.07) is 6.08. The second-order valence-corrected chi connectivity index (χ2v) is 9.89. The van der Waals surface area contributed by atoms with E-state index in [4.69, 9.17) is 5.11 Å². The third-order valence-electron chi connectivity index (χ3n) is 5.80. The van der Waals surface area contributed by atoms with Crippen LogP contribution in [0, 0.1) is 11.8 Å². The zero-order chi connectivity index (χ0) is 20.1. The minimum Gasteiger partial charge on any atom is -0.481 e. The van der Waals surface area contributed by atoms with Gasteiger partial charge in [0, 0.05) is 11.6 Å². The predicted molar refractivity (Wildman–Crippen MR) is 105 cm³/mol. The number of aliphatic carboxylic acids is 1. The molecule has 3 N–H and O–H groups in total. The quantitative estimate of drug-likeness (QED) is 0.662. The van der Waals surface area contributed by atoms with E-state index in [0.29, 0.717) is 31.2 Å². The predicted octanol–water partition coefficient (Wildman–Crippen LogP) is 1.83. The van der Waals surface area contributed by atoms with E-state index in [1.165, 1.54) is 12.1 Å². The molecule has 1 heterocycles. The molecule has 154 valence electrons. The van der Waals surface area contributed by atoms with Crippen LogP contribution in [0.4, 0.5) is 0 Å². The molecule has 1 saturated carbocycles. The molecular formula is C20H28N2O5S. The number of amides is 1. The lowest BCUT2D eigenvalue weighted by atomic mass is 9.86. The lowest BCUT2D eigenvalue weighted by molar-refractivity contribution is -0.142. The maximum absolute atomic E-state index is 12.6. The van der Waals surface area contributed by atoms with Crippen LogP contribution in [0.2, 0.25) is 0 Å². The molecule has 0 radical (unpaired) electrons. The van der Waals surface area contributed by atoms with Crippen molar-refractivity contribution in [3.05, 3.63) is 29.8 Å². The molecule has 0 aromatic heterocycles. The molecule has 0 atom stereocenters. The number of sulfone groups is 1. The topological polar surface area (TPSA) is 113 Å². The van der Waals surface area contributed by atoms with Gasteiger partial charge in [0.15, 0.2) is 9.84 Å². The molecule has 1 saturated heterocycles. The first-order chi connectivity index (χ1) is 13.3. The van der Waals surface area contributed by atoms with Crippen molar-refractivity contribution in [2.75, 3.05) is 18.8 Å². The van der Waals surface area contributed by atoms with E-state index in [2.05, 4.69) is 10.6 Å². The van der Waals surface area contributed by atoms with Crippen molar-refractivity contribution in [3.63, 3.8) is 0 Å². The van der Waals surface area contributed by atoms with Crippen LogP contribution in [0.3, 0.4) is 0 Å². The van der Waals surface area contributed by atoms with Crippen LogP contribution in [0.25, 0.3) is 0 Å². The average molecular weight is 409 g/mol. The van der Waals surface area contributed by atoms with Gasteiger partial charge in [-0.1, -0.05) is 0 Å². The van der Waals surface area contributed by atoms with Gasteiger partial charge in [0.2, 0.25) is 0 Å². The lowest BCUT2D eigenvalue weighted by Crippen LogP contribution is -2.38. The molecule has 2 fully saturated rings. The molecule has 1 amide bonds. The summed E-state index contributed by atoms with van der Waals surface area (Å²) >= 11 is 0. The fourth-order valence-electron chi connectivity index (χ4n) is 4.02. The molecule has 3 rings (SSSR count). The van der Waals surface area contributed by atoms with Gasteiger partial charge in [-0.3, -0.25) is 9.59 Å². The van der Waals surface area contributed by atoms with Gasteiger partial charge in [0.05, 0.1) is 16.6 Å². The summed E-state index contributed by atoms with van der Waals surface area (Å²) in [7, 11) is -3.36. The molecule has 0 bridgehead atoms. The fourth-order valence-corrected chi connectivity index (χ4v) is 5.72. The first kappa shape index (κ1) is 20.8. The van der Waals surface area contributed by atoms with E-state index in [1.807, 2.05) is 0 Å². The van der Waals surface area contributed by atoms with E-state index in [1.54, 1.807) is 12.1 Å². The Kier molecular flexibility index (Phi) is 6.72. The van der Waals surface area contributed by atoms with E-state index >= 15 is 0 Å². The van der Waals surface area contributed by atoms with Crippen LogP contribution in [0.1, 0.15) is 48.9 Å². The highest BCUT2D eigenvalue weighted by Crippen LogP contribution is 2.25. The molecule has 2 aliphatic rings. The summed E-state index contributed by atoms with van der Waals surface area (Å²) in [5, 5.41) is 15.2. The summed E-state index contributed by atoms with van der Waals surface area (Å²) in [6.45, 7) is 1.71. The molecule has 8 heteroatoms. The van der Waals surface area contributed by atoms with Gasteiger partial charge in [-0.15, -0.1) is 0 Å². The number of carbonyl (C=O) groups excluding carboxylic acids is 1. The third-order valence-corrected chi connectivity index (χ3v) is 7.70. The molecule has 0 unspecified atom stereocenters. The molecule has 1 aromatic carbocycles. The van der Waals surface area contributed by atoms with Gasteiger partial charge < -0.3 is 15.7 Å². The van der Waals surface area contributed by atoms with Crippen molar-refractivity contribution in [1.29, 1.82) is 0 Å². The van der Waals surface area contributed by atoms with E-state index < -0.39 is 15.8 Å². The first-order valence-corrected chi connectivity index (χ1v) is 11.6. The van der Waals surface area contributed by atoms with Crippen LogP contribution in [0.5, 0.6) is 0 Å². The van der Waals surface area contributed by atoms with E-state index in [0.717, 1.165) is 25.9 Å². The van der Waals surface area contributed by atoms with Gasteiger partial charge in [-0.25, -0.2) is 8.42 Å². The molecule has 1 aromatic rings. The minimum absolute atomic E-state index is 0.0357. The minimum atomic E-state index is -3.36. The Morgan fingerprint density at radius 3 is 2.18 bits per heavy atom. The van der Waals surface area contributed by atoms with Crippen molar-refractivity contribution in [2.45, 2.75) is 49.5 Å². The summed E-state index contributed by atoms with van der Waals surface area (Å²) in [5.41, 5.74) is 0.418. The Morgan fingerprint density at radius 1 is 1.00 bits per heavy atom. The van der Waals surface area contributed by atoms with E-state index in [9.17, 15) is 18.0 Å². The Bertz CT molecular complexity index is 792. The Morgan fingerprint density at radius 2 is 1.61 bits per heavy atom. The SMILES string of the molecule is O=C(N[C@H]1CC[C@H](C(=O)O)CC1)c1ccc(S(=O)(=O)CC2CCNCC2)cc1. The number of carboxylic acids is 1. The second kappa shape index (κ2) is 9.05. The van der Waals surface area contributed by atoms with Crippen LogP contribution < -0.4 is 10.6 Å². The maximum Gasteiger partial charge on any atom is 0.306 e. The lowest BCUT2D eigenvalue weighted by Gasteiger charge is -2.26. The standard InChI is InChI=1S/C20H28N2O5S/c23-19(22-17-5-1-16(2-6-17)20(24)25)15-3-7-18(8-4-15)28(26,27)13-14-9-11-21-12-10-14/h3-4,7-8,14,16-17,21H,1-2,5-6,9-13H2,(H,22,23)(H,24,25)/t16-,17-. The molecule has 7 nitrogen and oxygen atoms in total. The number of carboxylic acid groups (broad SMARTS) is 1. The summed E-state index contributed by atoms with van der Waals surface area (Å²) in [4.78, 5) is 23.7. The third kappa shape index (κ3) is 5.32. The van der Waals surface area contributed by atoms with Gasteiger partial charge in [0.25, 0.3) is 5.91 Å². The Hall–Kier alpha value is -1.93. The van der Waals surface area contributed by atoms with Crippen LogP contribution >= 0.6 is 0 Å². The number of hydrogen-bond donors (Lipinski definition) is 3. The largest absolute Gasteiger partial charge is 0.481 e. The van der Waals surface area contributed by atoms with Gasteiger partial charge in [-0.05, 0) is 81.8 Å². The van der Waals surface area contributed by atoms with Crippen molar-refractivity contribution in [3.8, 4) is 0 Å². The Labute approximate surface area is 165 Å². The number of carbonyl (C=O) groups is 2. The zero-order valence-electron chi connectivity index (χ0n) is 15.9. The van der Waals surface area contributed by atoms with Gasteiger partial charge in [-0.2, -0.15) is 0 Å².